The molecule has 1 aromatic rings. The topological polar surface area (TPSA) is 43.8 Å². The molecule has 0 aliphatic heterocycles. The van der Waals surface area contributed by atoms with Gasteiger partial charge < -0.3 is 10.0 Å². The van der Waals surface area contributed by atoms with Gasteiger partial charge in [0.05, 0.1) is 6.54 Å². The van der Waals surface area contributed by atoms with E-state index in [1.807, 2.05) is 18.7 Å². The molecule has 0 bridgehead atoms. The number of hydrogen-bond acceptors (Lipinski definition) is 3. The number of nitrogens with zero attached hydrogens (tertiary/aromatic N) is 2. The fourth-order valence-electron chi connectivity index (χ4n) is 2.06. The normalized spacial score (nSPS) is 11.2. The maximum atomic E-state index is 13.6. The monoisotopic (exact) mass is 296 g/mol. The van der Waals surface area contributed by atoms with Crippen LogP contribution < -0.4 is 0 Å². The molecule has 0 aromatic heterocycles. The van der Waals surface area contributed by atoms with Gasteiger partial charge in [-0.3, -0.25) is 9.69 Å². The van der Waals surface area contributed by atoms with Crippen molar-refractivity contribution in [1.82, 2.24) is 9.80 Å². The van der Waals surface area contributed by atoms with Crippen LogP contribution >= 0.6 is 0 Å². The zero-order valence-corrected chi connectivity index (χ0v) is 13.1. The van der Waals surface area contributed by atoms with Gasteiger partial charge in [-0.2, -0.15) is 0 Å². The molecule has 1 amide bonds. The maximum Gasteiger partial charge on any atom is 0.236 e. The molecule has 0 fully saturated rings. The Morgan fingerprint density at radius 3 is 2.57 bits per heavy atom. The number of aliphatic hydroxyl groups is 1. The van der Waals surface area contributed by atoms with Crippen molar-refractivity contribution in [3.8, 4) is 0 Å². The Balaban J connectivity index is 2.59. The summed E-state index contributed by atoms with van der Waals surface area (Å²) >= 11 is 0. The summed E-state index contributed by atoms with van der Waals surface area (Å²) in [6, 6.07) is 6.71. The number of halogens is 1. The molecule has 0 saturated heterocycles. The molecule has 0 spiro atoms. The van der Waals surface area contributed by atoms with Gasteiger partial charge in [0.2, 0.25) is 5.91 Å². The zero-order valence-electron chi connectivity index (χ0n) is 13.1. The van der Waals surface area contributed by atoms with Crippen LogP contribution in [0.2, 0.25) is 0 Å². The van der Waals surface area contributed by atoms with Crippen molar-refractivity contribution in [2.75, 3.05) is 26.7 Å². The van der Waals surface area contributed by atoms with Crippen LogP contribution in [-0.2, 0) is 11.3 Å². The van der Waals surface area contributed by atoms with Crippen molar-refractivity contribution < 1.29 is 14.3 Å². The zero-order chi connectivity index (χ0) is 15.8. The summed E-state index contributed by atoms with van der Waals surface area (Å²) in [4.78, 5) is 15.8. The first-order valence-electron chi connectivity index (χ1n) is 7.28. The van der Waals surface area contributed by atoms with Gasteiger partial charge in [-0.15, -0.1) is 0 Å². The minimum absolute atomic E-state index is 0.0510. The van der Waals surface area contributed by atoms with Crippen LogP contribution in [0.4, 0.5) is 4.39 Å². The van der Waals surface area contributed by atoms with Crippen LogP contribution in [0, 0.1) is 5.82 Å². The summed E-state index contributed by atoms with van der Waals surface area (Å²) in [7, 11) is 1.68. The van der Waals surface area contributed by atoms with E-state index >= 15 is 0 Å². The second kappa shape index (κ2) is 8.74. The highest BCUT2D eigenvalue weighted by molar-refractivity contribution is 5.78. The Morgan fingerprint density at radius 2 is 2.00 bits per heavy atom. The molecule has 0 heterocycles. The van der Waals surface area contributed by atoms with E-state index in [1.54, 1.807) is 25.2 Å². The van der Waals surface area contributed by atoms with Gasteiger partial charge in [-0.05, 0) is 26.3 Å². The minimum Gasteiger partial charge on any atom is -0.396 e. The van der Waals surface area contributed by atoms with Gasteiger partial charge >= 0.3 is 0 Å². The Hall–Kier alpha value is -1.46. The summed E-state index contributed by atoms with van der Waals surface area (Å²) in [5.41, 5.74) is 0.514. The van der Waals surface area contributed by atoms with Crippen molar-refractivity contribution in [3.63, 3.8) is 0 Å². The van der Waals surface area contributed by atoms with Crippen LogP contribution in [0.3, 0.4) is 0 Å². The van der Waals surface area contributed by atoms with Crippen LogP contribution in [0.5, 0.6) is 0 Å². The largest absolute Gasteiger partial charge is 0.396 e. The van der Waals surface area contributed by atoms with E-state index in [0.29, 0.717) is 18.5 Å². The highest BCUT2D eigenvalue weighted by Crippen LogP contribution is 2.09. The van der Waals surface area contributed by atoms with E-state index in [-0.39, 0.29) is 37.5 Å². The number of aliphatic hydroxyl groups excluding tert-OH is 1. The summed E-state index contributed by atoms with van der Waals surface area (Å²) in [6.07, 6.45) is 0.641. The SMILES string of the molecule is CC(C)N(CCCO)CC(=O)N(C)Cc1ccccc1F. The van der Waals surface area contributed by atoms with E-state index in [0.717, 1.165) is 0 Å². The molecule has 1 aromatic carbocycles. The smallest absolute Gasteiger partial charge is 0.236 e. The van der Waals surface area contributed by atoms with Gasteiger partial charge in [0.15, 0.2) is 0 Å². The Labute approximate surface area is 126 Å². The molecule has 0 atom stereocenters. The quantitative estimate of drug-likeness (QED) is 0.796. The van der Waals surface area contributed by atoms with Crippen molar-refractivity contribution in [2.24, 2.45) is 0 Å². The molecule has 0 aliphatic rings. The molecule has 0 aliphatic carbocycles. The minimum atomic E-state index is -0.293. The molecule has 0 radical (unpaired) electrons. The van der Waals surface area contributed by atoms with Crippen molar-refractivity contribution in [2.45, 2.75) is 32.9 Å². The molecule has 0 saturated carbocycles. The first-order valence-corrected chi connectivity index (χ1v) is 7.28. The lowest BCUT2D eigenvalue weighted by atomic mass is 10.2. The number of carbonyl (C=O) groups excluding carboxylic acids is 1. The Bertz CT molecular complexity index is 452. The number of hydrogen-bond donors (Lipinski definition) is 1. The number of amides is 1. The Morgan fingerprint density at radius 1 is 1.33 bits per heavy atom. The lowest BCUT2D eigenvalue weighted by Crippen LogP contribution is -2.42. The van der Waals surface area contributed by atoms with E-state index in [2.05, 4.69) is 0 Å². The highest BCUT2D eigenvalue weighted by Gasteiger charge is 2.17. The molecule has 118 valence electrons. The van der Waals surface area contributed by atoms with E-state index < -0.39 is 0 Å². The average Bonchev–Trinajstić information content (AvgIpc) is 2.45. The molecule has 1 rings (SSSR count). The second-order valence-corrected chi connectivity index (χ2v) is 5.48. The van der Waals surface area contributed by atoms with Gasteiger partial charge in [-0.25, -0.2) is 4.39 Å². The van der Waals surface area contributed by atoms with Gasteiger partial charge in [-0.1, -0.05) is 18.2 Å². The number of benzene rings is 1. The summed E-state index contributed by atoms with van der Waals surface area (Å²) < 4.78 is 13.6. The molecule has 21 heavy (non-hydrogen) atoms. The number of carbonyl (C=O) groups is 1. The number of likely N-dealkylation sites (N-methyl/N-ethyl adjacent to an activating group) is 1. The molecular weight excluding hydrogens is 271 g/mol. The third-order valence-electron chi connectivity index (χ3n) is 3.46. The summed E-state index contributed by atoms with van der Waals surface area (Å²) in [5, 5.41) is 8.90. The standard InChI is InChI=1S/C16H25FN2O2/c1-13(2)19(9-6-10-20)12-16(21)18(3)11-14-7-4-5-8-15(14)17/h4-5,7-8,13,20H,6,9-12H2,1-3H3. The van der Waals surface area contributed by atoms with Crippen molar-refractivity contribution >= 4 is 5.91 Å². The van der Waals surface area contributed by atoms with Gasteiger partial charge in [0.1, 0.15) is 5.82 Å². The molecule has 4 nitrogen and oxygen atoms in total. The van der Waals surface area contributed by atoms with Gasteiger partial charge in [0, 0.05) is 38.3 Å². The predicted octanol–water partition coefficient (Wildman–Crippen LogP) is 1.88. The van der Waals surface area contributed by atoms with E-state index in [1.165, 1.54) is 11.0 Å². The fourth-order valence-corrected chi connectivity index (χ4v) is 2.06. The molecular formula is C16H25FN2O2. The third kappa shape index (κ3) is 5.81. The molecule has 0 unspecified atom stereocenters. The molecule has 5 heteroatoms. The lowest BCUT2D eigenvalue weighted by Gasteiger charge is -2.28. The van der Waals surface area contributed by atoms with Gasteiger partial charge in [0.25, 0.3) is 0 Å². The maximum absolute atomic E-state index is 13.6. The molecule has 1 N–H and O–H groups in total. The van der Waals surface area contributed by atoms with E-state index in [4.69, 9.17) is 5.11 Å². The van der Waals surface area contributed by atoms with Crippen LogP contribution in [0.15, 0.2) is 24.3 Å². The van der Waals surface area contributed by atoms with E-state index in [9.17, 15) is 9.18 Å². The average molecular weight is 296 g/mol. The second-order valence-electron chi connectivity index (χ2n) is 5.48. The fraction of sp³-hybridized carbons (Fsp3) is 0.562. The van der Waals surface area contributed by atoms with Crippen molar-refractivity contribution in [3.05, 3.63) is 35.6 Å². The van der Waals surface area contributed by atoms with Crippen LogP contribution in [-0.4, -0.2) is 53.6 Å². The Kier molecular flexibility index (Phi) is 7.32. The first-order chi connectivity index (χ1) is 9.95. The summed E-state index contributed by atoms with van der Waals surface area (Å²) in [6.45, 7) is 5.36. The van der Waals surface area contributed by atoms with Crippen LogP contribution in [0.25, 0.3) is 0 Å². The van der Waals surface area contributed by atoms with Crippen molar-refractivity contribution in [1.29, 1.82) is 0 Å². The summed E-state index contributed by atoms with van der Waals surface area (Å²) in [5.74, 6) is -0.344. The lowest BCUT2D eigenvalue weighted by molar-refractivity contribution is -0.132. The third-order valence-corrected chi connectivity index (χ3v) is 3.46. The first kappa shape index (κ1) is 17.6. The highest BCUT2D eigenvalue weighted by atomic mass is 19.1. The predicted molar refractivity (Wildman–Crippen MR) is 81.3 cm³/mol. The van der Waals surface area contributed by atoms with Crippen LogP contribution in [0.1, 0.15) is 25.8 Å². The number of rotatable bonds is 8.